The minimum Gasteiger partial charge on any atom is -0.355 e. The molecule has 2 aromatic rings. The summed E-state index contributed by atoms with van der Waals surface area (Å²) in [7, 11) is 4.31. The molecule has 0 amide bonds. The van der Waals surface area contributed by atoms with Gasteiger partial charge in [-0.1, -0.05) is 32.8 Å². The summed E-state index contributed by atoms with van der Waals surface area (Å²) in [4.78, 5) is 2.42. The van der Waals surface area contributed by atoms with Gasteiger partial charge >= 0.3 is 0 Å². The molecule has 1 heterocycles. The van der Waals surface area contributed by atoms with Gasteiger partial charge in [0.1, 0.15) is 0 Å². The van der Waals surface area contributed by atoms with Gasteiger partial charge in [-0.2, -0.15) is 5.10 Å². The van der Waals surface area contributed by atoms with E-state index in [1.165, 1.54) is 47.7 Å². The van der Waals surface area contributed by atoms with Crippen molar-refractivity contribution in [2.45, 2.75) is 58.4 Å². The zero-order chi connectivity index (χ0) is 15.0. The number of aryl methyl sites for hydroxylation is 3. The number of nitrogens with zero attached hydrogens (tertiary/aromatic N) is 3. The van der Waals surface area contributed by atoms with Crippen molar-refractivity contribution in [1.29, 1.82) is 0 Å². The zero-order valence-corrected chi connectivity index (χ0v) is 13.8. The third-order valence-electron chi connectivity index (χ3n) is 5.13. The number of hydrogen-bond acceptors (Lipinski definition) is 2. The predicted molar refractivity (Wildman–Crippen MR) is 90.1 cm³/mol. The zero-order valence-electron chi connectivity index (χ0n) is 13.8. The second-order valence-electron chi connectivity index (χ2n) is 6.30. The summed E-state index contributed by atoms with van der Waals surface area (Å²) in [5.74, 6) is 1.16. The largest absolute Gasteiger partial charge is 0.355 e. The second-order valence-corrected chi connectivity index (χ2v) is 6.30. The van der Waals surface area contributed by atoms with Crippen molar-refractivity contribution in [2.75, 3.05) is 11.9 Å². The number of anilines is 1. The van der Waals surface area contributed by atoms with Gasteiger partial charge in [-0.05, 0) is 42.9 Å². The second kappa shape index (κ2) is 5.70. The molecule has 0 atom stereocenters. The third kappa shape index (κ3) is 2.33. The minimum atomic E-state index is 0.666. The summed E-state index contributed by atoms with van der Waals surface area (Å²) in [5, 5.41) is 6.18. The molecule has 1 saturated carbocycles. The van der Waals surface area contributed by atoms with Crippen molar-refractivity contribution < 1.29 is 0 Å². The van der Waals surface area contributed by atoms with Crippen molar-refractivity contribution in [3.8, 4) is 0 Å². The van der Waals surface area contributed by atoms with Gasteiger partial charge in [-0.15, -0.1) is 0 Å². The molecule has 3 nitrogen and oxygen atoms in total. The van der Waals surface area contributed by atoms with Crippen LogP contribution < -0.4 is 4.90 Å². The number of benzene rings is 1. The lowest BCUT2D eigenvalue weighted by Gasteiger charge is -2.24. The fourth-order valence-electron chi connectivity index (χ4n) is 3.92. The summed E-state index contributed by atoms with van der Waals surface area (Å²) in [5.41, 5.74) is 4.26. The number of hydrogen-bond donors (Lipinski definition) is 0. The first-order chi connectivity index (χ1) is 10.2. The van der Waals surface area contributed by atoms with Gasteiger partial charge in [0.25, 0.3) is 0 Å². The van der Waals surface area contributed by atoms with Crippen LogP contribution >= 0.6 is 0 Å². The molecule has 3 heteroatoms. The van der Waals surface area contributed by atoms with Gasteiger partial charge in [0.15, 0.2) is 5.82 Å². The molecule has 0 spiro atoms. The predicted octanol–water partition coefficient (Wildman–Crippen LogP) is 4.08. The van der Waals surface area contributed by atoms with Gasteiger partial charge in [0.2, 0.25) is 0 Å². The van der Waals surface area contributed by atoms with Crippen molar-refractivity contribution in [1.82, 2.24) is 9.78 Å². The van der Waals surface area contributed by atoms with Crippen molar-refractivity contribution in [2.24, 2.45) is 7.05 Å². The Bertz CT molecular complexity index is 635. The van der Waals surface area contributed by atoms with Gasteiger partial charge < -0.3 is 4.90 Å². The fraction of sp³-hybridized carbons (Fsp3) is 0.611. The van der Waals surface area contributed by atoms with Crippen LogP contribution in [0.5, 0.6) is 0 Å². The van der Waals surface area contributed by atoms with Crippen LogP contribution in [-0.2, 0) is 19.9 Å². The van der Waals surface area contributed by atoms with Crippen LogP contribution in [0.4, 0.5) is 5.82 Å². The Morgan fingerprint density at radius 3 is 2.52 bits per heavy atom. The highest BCUT2D eigenvalue weighted by Gasteiger charge is 2.24. The highest BCUT2D eigenvalue weighted by molar-refractivity contribution is 5.93. The van der Waals surface area contributed by atoms with Gasteiger partial charge in [-0.3, -0.25) is 4.68 Å². The summed E-state index contributed by atoms with van der Waals surface area (Å²) in [6.45, 7) is 4.49. The Balaban J connectivity index is 2.12. The SMILES string of the molecule is CCc1ccc2c(N(C)C3CCCC3)nn(C)c2c1CC. The Labute approximate surface area is 127 Å². The summed E-state index contributed by atoms with van der Waals surface area (Å²) in [6, 6.07) is 5.25. The van der Waals surface area contributed by atoms with E-state index in [4.69, 9.17) is 5.10 Å². The molecule has 21 heavy (non-hydrogen) atoms. The highest BCUT2D eigenvalue weighted by atomic mass is 15.3. The standard InChI is InChI=1S/C18H27N3/c1-5-13-11-12-16-17(15(13)6-2)21(4)19-18(16)20(3)14-9-7-8-10-14/h11-12,14H,5-10H2,1-4H3. The summed E-state index contributed by atoms with van der Waals surface area (Å²) >= 11 is 0. The van der Waals surface area contributed by atoms with Crippen molar-refractivity contribution in [3.05, 3.63) is 23.3 Å². The van der Waals surface area contributed by atoms with Crippen LogP contribution in [0.25, 0.3) is 10.9 Å². The molecule has 1 aliphatic carbocycles. The van der Waals surface area contributed by atoms with E-state index in [9.17, 15) is 0 Å². The fourth-order valence-corrected chi connectivity index (χ4v) is 3.92. The van der Waals surface area contributed by atoms with E-state index in [1.54, 1.807) is 0 Å². The monoisotopic (exact) mass is 285 g/mol. The number of fused-ring (bicyclic) bond motifs is 1. The van der Waals surface area contributed by atoms with E-state index < -0.39 is 0 Å². The lowest BCUT2D eigenvalue weighted by Crippen LogP contribution is -2.29. The van der Waals surface area contributed by atoms with E-state index in [0.29, 0.717) is 6.04 Å². The lowest BCUT2D eigenvalue weighted by atomic mass is 9.99. The van der Waals surface area contributed by atoms with Crippen LogP contribution in [0, 0.1) is 0 Å². The van der Waals surface area contributed by atoms with Crippen molar-refractivity contribution >= 4 is 16.7 Å². The first-order valence-electron chi connectivity index (χ1n) is 8.37. The Kier molecular flexibility index (Phi) is 3.92. The molecular weight excluding hydrogens is 258 g/mol. The van der Waals surface area contributed by atoms with Gasteiger partial charge in [0, 0.05) is 25.5 Å². The van der Waals surface area contributed by atoms with Crippen LogP contribution in [0.2, 0.25) is 0 Å². The maximum absolute atomic E-state index is 4.86. The Morgan fingerprint density at radius 1 is 1.19 bits per heavy atom. The average molecular weight is 285 g/mol. The molecule has 114 valence electrons. The highest BCUT2D eigenvalue weighted by Crippen LogP contribution is 2.33. The van der Waals surface area contributed by atoms with E-state index in [0.717, 1.165) is 18.7 Å². The molecule has 1 aromatic carbocycles. The third-order valence-corrected chi connectivity index (χ3v) is 5.13. The van der Waals surface area contributed by atoms with E-state index in [2.05, 4.69) is 49.7 Å². The van der Waals surface area contributed by atoms with Gasteiger partial charge in [0.05, 0.1) is 5.52 Å². The van der Waals surface area contributed by atoms with E-state index in [-0.39, 0.29) is 0 Å². The smallest absolute Gasteiger partial charge is 0.158 e. The molecule has 1 aromatic heterocycles. The van der Waals surface area contributed by atoms with Crippen LogP contribution in [0.1, 0.15) is 50.7 Å². The quantitative estimate of drug-likeness (QED) is 0.844. The van der Waals surface area contributed by atoms with Gasteiger partial charge in [-0.25, -0.2) is 0 Å². The number of aromatic nitrogens is 2. The molecule has 1 fully saturated rings. The molecule has 0 N–H and O–H groups in total. The molecule has 0 saturated heterocycles. The molecule has 0 unspecified atom stereocenters. The normalized spacial score (nSPS) is 16.0. The average Bonchev–Trinajstić information content (AvgIpc) is 3.14. The summed E-state index contributed by atoms with van der Waals surface area (Å²) in [6.07, 6.45) is 7.51. The Hall–Kier alpha value is -1.51. The Morgan fingerprint density at radius 2 is 1.90 bits per heavy atom. The molecule has 3 rings (SSSR count). The van der Waals surface area contributed by atoms with Crippen LogP contribution in [-0.4, -0.2) is 22.9 Å². The van der Waals surface area contributed by atoms with Crippen LogP contribution in [0.3, 0.4) is 0 Å². The number of rotatable bonds is 4. The topological polar surface area (TPSA) is 21.1 Å². The summed E-state index contributed by atoms with van der Waals surface area (Å²) < 4.78 is 2.09. The first-order valence-corrected chi connectivity index (χ1v) is 8.37. The molecule has 1 aliphatic rings. The molecular formula is C18H27N3. The first kappa shape index (κ1) is 14.4. The lowest BCUT2D eigenvalue weighted by molar-refractivity contribution is 0.639. The maximum atomic E-state index is 4.86. The van der Waals surface area contributed by atoms with Crippen LogP contribution in [0.15, 0.2) is 12.1 Å². The molecule has 0 aliphatic heterocycles. The molecule has 0 radical (unpaired) electrons. The minimum absolute atomic E-state index is 0.666. The van der Waals surface area contributed by atoms with Crippen molar-refractivity contribution in [3.63, 3.8) is 0 Å². The molecule has 0 bridgehead atoms. The van der Waals surface area contributed by atoms with E-state index in [1.807, 2.05) is 0 Å². The van der Waals surface area contributed by atoms with E-state index >= 15 is 0 Å². The maximum Gasteiger partial charge on any atom is 0.158 e.